The molecule has 0 atom stereocenters. The molecule has 0 radical (unpaired) electrons. The first-order valence-corrected chi connectivity index (χ1v) is 7.66. The summed E-state index contributed by atoms with van der Waals surface area (Å²) in [4.78, 5) is 5.94. The Bertz CT molecular complexity index is 945. The summed E-state index contributed by atoms with van der Waals surface area (Å²) in [5, 5.41) is 12.2. The fraction of sp³-hybridized carbons (Fsp3) is 0.176. The van der Waals surface area contributed by atoms with Crippen LogP contribution in [0.15, 0.2) is 52.9 Å². The van der Waals surface area contributed by atoms with Crippen molar-refractivity contribution in [2.75, 3.05) is 0 Å². The van der Waals surface area contributed by atoms with E-state index in [2.05, 4.69) is 20.4 Å². The molecule has 6 nitrogen and oxygen atoms in total. The Hall–Kier alpha value is -3.09. The summed E-state index contributed by atoms with van der Waals surface area (Å²) in [6.07, 6.45) is 1.46. The molecule has 2 aromatic carbocycles. The Kier molecular flexibility index (Phi) is 3.74. The quantitative estimate of drug-likeness (QED) is 0.564. The lowest BCUT2D eigenvalue weighted by Gasteiger charge is -1.97. The zero-order valence-corrected chi connectivity index (χ0v) is 12.8. The fourth-order valence-electron chi connectivity index (χ4n) is 2.48. The zero-order valence-electron chi connectivity index (χ0n) is 12.8. The van der Waals surface area contributed by atoms with E-state index in [1.807, 2.05) is 24.3 Å². The number of benzene rings is 2. The van der Waals surface area contributed by atoms with Crippen molar-refractivity contribution in [2.24, 2.45) is 0 Å². The van der Waals surface area contributed by atoms with Crippen LogP contribution in [0.25, 0.3) is 22.5 Å². The van der Waals surface area contributed by atoms with Crippen LogP contribution >= 0.6 is 0 Å². The monoisotopic (exact) mass is 323 g/mol. The molecule has 0 aliphatic rings. The molecule has 0 fully saturated rings. The zero-order chi connectivity index (χ0) is 16.4. The van der Waals surface area contributed by atoms with Crippen molar-refractivity contribution in [3.05, 3.63) is 60.2 Å². The molecule has 2 aromatic heterocycles. The molecule has 0 saturated carbocycles. The third kappa shape index (κ3) is 3.01. The minimum atomic E-state index is -0.320. The number of tetrazole rings is 1. The predicted molar refractivity (Wildman–Crippen MR) is 85.5 cm³/mol. The van der Waals surface area contributed by atoms with Crippen LogP contribution in [0.3, 0.4) is 0 Å². The Labute approximate surface area is 136 Å². The molecule has 0 N–H and O–H groups in total. The van der Waals surface area contributed by atoms with Crippen molar-refractivity contribution in [1.29, 1.82) is 0 Å². The number of para-hydroxylation sites is 2. The van der Waals surface area contributed by atoms with Gasteiger partial charge in [0.15, 0.2) is 11.5 Å². The first kappa shape index (κ1) is 14.5. The van der Waals surface area contributed by atoms with E-state index < -0.39 is 0 Å². The first-order valence-electron chi connectivity index (χ1n) is 7.66. The lowest BCUT2D eigenvalue weighted by atomic mass is 10.2. The van der Waals surface area contributed by atoms with Gasteiger partial charge in [0.1, 0.15) is 11.3 Å². The molecule has 7 heteroatoms. The number of fused-ring (bicyclic) bond motifs is 1. The average molecular weight is 323 g/mol. The number of aryl methyl sites for hydroxylation is 2. The highest BCUT2D eigenvalue weighted by Crippen LogP contribution is 2.16. The average Bonchev–Trinajstić information content (AvgIpc) is 3.21. The third-order valence-electron chi connectivity index (χ3n) is 3.62. The molecule has 0 aliphatic carbocycles. The molecule has 4 rings (SSSR count). The van der Waals surface area contributed by atoms with Gasteiger partial charge in [-0.25, -0.2) is 9.37 Å². The SMILES string of the molecule is Fc1cccc(-c2nnn(CCCc3nc4ccccc4o3)n2)c1. The van der Waals surface area contributed by atoms with E-state index in [1.165, 1.54) is 16.9 Å². The summed E-state index contributed by atoms with van der Waals surface area (Å²) in [5.41, 5.74) is 2.26. The molecule has 24 heavy (non-hydrogen) atoms. The molecule has 0 bridgehead atoms. The molecular weight excluding hydrogens is 309 g/mol. The smallest absolute Gasteiger partial charge is 0.205 e. The van der Waals surface area contributed by atoms with Crippen LogP contribution in [0.1, 0.15) is 12.3 Å². The molecule has 2 heterocycles. The fourth-order valence-corrected chi connectivity index (χ4v) is 2.48. The van der Waals surface area contributed by atoms with Crippen molar-refractivity contribution in [1.82, 2.24) is 25.2 Å². The van der Waals surface area contributed by atoms with Gasteiger partial charge in [-0.05, 0) is 35.9 Å². The highest BCUT2D eigenvalue weighted by atomic mass is 19.1. The van der Waals surface area contributed by atoms with E-state index in [0.29, 0.717) is 30.2 Å². The van der Waals surface area contributed by atoms with Gasteiger partial charge in [-0.3, -0.25) is 0 Å². The molecule has 4 aromatic rings. The molecule has 0 spiro atoms. The van der Waals surface area contributed by atoms with Gasteiger partial charge in [-0.15, -0.1) is 10.2 Å². The van der Waals surface area contributed by atoms with Gasteiger partial charge in [-0.1, -0.05) is 24.3 Å². The van der Waals surface area contributed by atoms with E-state index in [4.69, 9.17) is 4.42 Å². The number of rotatable bonds is 5. The number of nitrogens with zero attached hydrogens (tertiary/aromatic N) is 5. The number of hydrogen-bond acceptors (Lipinski definition) is 5. The van der Waals surface area contributed by atoms with Crippen molar-refractivity contribution in [2.45, 2.75) is 19.4 Å². The maximum atomic E-state index is 13.2. The van der Waals surface area contributed by atoms with Crippen LogP contribution < -0.4 is 0 Å². The lowest BCUT2D eigenvalue weighted by Crippen LogP contribution is -2.04. The molecule has 0 amide bonds. The topological polar surface area (TPSA) is 69.6 Å². The molecule has 120 valence electrons. The first-order chi connectivity index (χ1) is 11.8. The van der Waals surface area contributed by atoms with E-state index in [9.17, 15) is 4.39 Å². The summed E-state index contributed by atoms with van der Waals surface area (Å²) in [6.45, 7) is 0.584. The summed E-state index contributed by atoms with van der Waals surface area (Å²) in [7, 11) is 0. The van der Waals surface area contributed by atoms with Gasteiger partial charge in [0.05, 0.1) is 6.54 Å². The van der Waals surface area contributed by atoms with Crippen LogP contribution in [0.4, 0.5) is 4.39 Å². The van der Waals surface area contributed by atoms with E-state index in [-0.39, 0.29) is 5.82 Å². The Morgan fingerprint density at radius 2 is 2.00 bits per heavy atom. The maximum absolute atomic E-state index is 13.2. The number of oxazole rings is 1. The molecular formula is C17H14FN5O. The molecule has 0 saturated heterocycles. The summed E-state index contributed by atoms with van der Waals surface area (Å²) < 4.78 is 18.9. The second kappa shape index (κ2) is 6.19. The van der Waals surface area contributed by atoms with E-state index in [1.54, 1.807) is 12.1 Å². The van der Waals surface area contributed by atoms with Gasteiger partial charge in [0.25, 0.3) is 0 Å². The number of aromatic nitrogens is 5. The van der Waals surface area contributed by atoms with Crippen LogP contribution in [-0.4, -0.2) is 25.2 Å². The second-order valence-electron chi connectivity index (χ2n) is 5.40. The summed E-state index contributed by atoms with van der Waals surface area (Å²) in [5.74, 6) is 0.790. The molecule has 0 aliphatic heterocycles. The number of hydrogen-bond donors (Lipinski definition) is 0. The predicted octanol–water partition coefficient (Wildman–Crippen LogP) is 3.25. The van der Waals surface area contributed by atoms with E-state index in [0.717, 1.165) is 17.5 Å². The molecule has 0 unspecified atom stereocenters. The van der Waals surface area contributed by atoms with Crippen molar-refractivity contribution < 1.29 is 8.81 Å². The van der Waals surface area contributed by atoms with Crippen LogP contribution in [0.5, 0.6) is 0 Å². The highest BCUT2D eigenvalue weighted by Gasteiger charge is 2.08. The highest BCUT2D eigenvalue weighted by molar-refractivity contribution is 5.72. The third-order valence-corrected chi connectivity index (χ3v) is 3.62. The van der Waals surface area contributed by atoms with Gasteiger partial charge in [0, 0.05) is 12.0 Å². The van der Waals surface area contributed by atoms with Gasteiger partial charge < -0.3 is 4.42 Å². The van der Waals surface area contributed by atoms with E-state index >= 15 is 0 Å². The maximum Gasteiger partial charge on any atom is 0.205 e. The van der Waals surface area contributed by atoms with Crippen LogP contribution in [-0.2, 0) is 13.0 Å². The van der Waals surface area contributed by atoms with Gasteiger partial charge in [-0.2, -0.15) is 4.80 Å². The summed E-state index contributed by atoms with van der Waals surface area (Å²) >= 11 is 0. The minimum Gasteiger partial charge on any atom is -0.441 e. The Balaban J connectivity index is 1.39. The van der Waals surface area contributed by atoms with Crippen molar-refractivity contribution >= 4 is 11.1 Å². The van der Waals surface area contributed by atoms with Gasteiger partial charge in [0.2, 0.25) is 5.82 Å². The minimum absolute atomic E-state index is 0.320. The normalized spacial score (nSPS) is 11.2. The second-order valence-corrected chi connectivity index (χ2v) is 5.40. The Morgan fingerprint density at radius 1 is 1.08 bits per heavy atom. The van der Waals surface area contributed by atoms with Crippen molar-refractivity contribution in [3.63, 3.8) is 0 Å². The van der Waals surface area contributed by atoms with Crippen LogP contribution in [0.2, 0.25) is 0 Å². The number of halogens is 1. The van der Waals surface area contributed by atoms with Crippen molar-refractivity contribution in [3.8, 4) is 11.4 Å². The standard InChI is InChI=1S/C17H14FN5O/c18-13-6-3-5-12(11-13)17-20-22-23(21-17)10-4-9-16-19-14-7-1-2-8-15(14)24-16/h1-3,5-8,11H,4,9-10H2. The van der Waals surface area contributed by atoms with Crippen LogP contribution in [0, 0.1) is 5.82 Å². The summed E-state index contributed by atoms with van der Waals surface area (Å²) in [6, 6.07) is 13.8. The lowest BCUT2D eigenvalue weighted by molar-refractivity contribution is 0.463. The Morgan fingerprint density at radius 3 is 2.88 bits per heavy atom. The largest absolute Gasteiger partial charge is 0.441 e. The van der Waals surface area contributed by atoms with Gasteiger partial charge >= 0.3 is 0 Å².